The van der Waals surface area contributed by atoms with E-state index >= 15 is 0 Å². The molecule has 6 nitrogen and oxygen atoms in total. The van der Waals surface area contributed by atoms with Crippen LogP contribution in [0.1, 0.15) is 67.0 Å². The number of carbonyl (C=O) groups is 1. The van der Waals surface area contributed by atoms with Gasteiger partial charge in [-0.1, -0.05) is 30.3 Å². The molecule has 2 aromatic rings. The van der Waals surface area contributed by atoms with Crippen LogP contribution in [0.5, 0.6) is 5.75 Å². The van der Waals surface area contributed by atoms with Gasteiger partial charge >= 0.3 is 5.97 Å². The van der Waals surface area contributed by atoms with Gasteiger partial charge in [-0.15, -0.1) is 0 Å². The molecule has 1 fully saturated rings. The zero-order valence-corrected chi connectivity index (χ0v) is 20.2. The summed E-state index contributed by atoms with van der Waals surface area (Å²) in [4.78, 5) is 11.4. The molecule has 2 aromatic carbocycles. The average molecular weight is 466 g/mol. The van der Waals surface area contributed by atoms with Crippen molar-refractivity contribution in [3.8, 4) is 5.75 Å². The highest BCUT2D eigenvalue weighted by molar-refractivity contribution is 5.79. The van der Waals surface area contributed by atoms with Gasteiger partial charge in [0.25, 0.3) is 0 Å². The smallest absolute Gasteiger partial charge is 0.311 e. The minimum absolute atomic E-state index is 0.0960. The first-order chi connectivity index (χ1) is 16.2. The number of hydrogen-bond donors (Lipinski definition) is 3. The van der Waals surface area contributed by atoms with Crippen LogP contribution in [0.25, 0.3) is 0 Å². The Labute approximate surface area is 201 Å². The van der Waals surface area contributed by atoms with Gasteiger partial charge in [0, 0.05) is 23.6 Å². The maximum Gasteiger partial charge on any atom is 0.311 e. The van der Waals surface area contributed by atoms with Gasteiger partial charge in [-0.2, -0.15) is 0 Å². The molecule has 0 spiro atoms. The van der Waals surface area contributed by atoms with E-state index in [4.69, 9.17) is 9.47 Å². The number of β-amino-alcohol motifs (C(OH)–C–C–N with tert-alkyl or cyclic N) is 1. The number of fused-ring (bicyclic) bond motifs is 4. The molecule has 3 N–H and O–H groups in total. The molecule has 1 aliphatic heterocycles. The summed E-state index contributed by atoms with van der Waals surface area (Å²) in [6.45, 7) is 6.90. The second-order valence-corrected chi connectivity index (χ2v) is 10.8. The quantitative estimate of drug-likeness (QED) is 0.495. The van der Waals surface area contributed by atoms with Crippen LogP contribution in [0, 0.1) is 5.92 Å². The van der Waals surface area contributed by atoms with Gasteiger partial charge < -0.3 is 25.0 Å². The van der Waals surface area contributed by atoms with Crippen LogP contribution in [0.3, 0.4) is 0 Å². The summed E-state index contributed by atoms with van der Waals surface area (Å²) in [5, 5.41) is 23.5. The molecule has 0 bridgehead atoms. The van der Waals surface area contributed by atoms with Crippen molar-refractivity contribution < 1.29 is 24.5 Å². The van der Waals surface area contributed by atoms with E-state index in [1.165, 1.54) is 36.0 Å². The lowest BCUT2D eigenvalue weighted by molar-refractivity contribution is -0.139. The van der Waals surface area contributed by atoms with Crippen LogP contribution >= 0.6 is 0 Å². The van der Waals surface area contributed by atoms with Crippen LogP contribution < -0.4 is 10.1 Å². The molecule has 182 valence electrons. The van der Waals surface area contributed by atoms with Crippen LogP contribution in [-0.2, 0) is 28.8 Å². The Hall–Kier alpha value is -2.41. The third-order valence-electron chi connectivity index (χ3n) is 7.54. The van der Waals surface area contributed by atoms with Gasteiger partial charge in [-0.3, -0.25) is 4.79 Å². The zero-order chi connectivity index (χ0) is 24.0. The highest BCUT2D eigenvalue weighted by Gasteiger charge is 2.63. The SMILES string of the molecule is C[C@@H](OCC(O)CNC(C)(C)Cc1ccc2c(c1)CCC2)c1cccc2c1[C@@H]1[C@H](O2)[C@H]1C(=O)O. The number of aliphatic hydroxyl groups is 1. The van der Waals surface area contributed by atoms with Crippen molar-refractivity contribution in [1.29, 1.82) is 0 Å². The van der Waals surface area contributed by atoms with Gasteiger partial charge in [0.15, 0.2) is 0 Å². The van der Waals surface area contributed by atoms with Crippen LogP contribution in [0.4, 0.5) is 0 Å². The first kappa shape index (κ1) is 23.3. The summed E-state index contributed by atoms with van der Waals surface area (Å²) < 4.78 is 11.8. The van der Waals surface area contributed by atoms with Gasteiger partial charge in [0.2, 0.25) is 0 Å². The van der Waals surface area contributed by atoms with Crippen LogP contribution in [0.15, 0.2) is 36.4 Å². The number of ether oxygens (including phenoxy) is 2. The number of carboxylic acids is 1. The molecule has 0 amide bonds. The fourth-order valence-electron chi connectivity index (χ4n) is 5.70. The fraction of sp³-hybridized carbons (Fsp3) is 0.536. The summed E-state index contributed by atoms with van der Waals surface area (Å²) in [6, 6.07) is 12.6. The molecule has 34 heavy (non-hydrogen) atoms. The summed E-state index contributed by atoms with van der Waals surface area (Å²) in [6.07, 6.45) is 3.36. The van der Waals surface area contributed by atoms with Crippen molar-refractivity contribution in [3.05, 3.63) is 64.2 Å². The van der Waals surface area contributed by atoms with Crippen LogP contribution in [-0.4, -0.2) is 47.1 Å². The Morgan fingerprint density at radius 3 is 2.82 bits per heavy atom. The number of aryl methyl sites for hydroxylation is 2. The van der Waals surface area contributed by atoms with E-state index in [1.54, 1.807) is 0 Å². The van der Waals surface area contributed by atoms with Crippen molar-refractivity contribution in [1.82, 2.24) is 5.32 Å². The molecule has 3 aliphatic rings. The number of benzene rings is 2. The van der Waals surface area contributed by atoms with Crippen molar-refractivity contribution >= 4 is 5.97 Å². The third kappa shape index (κ3) is 4.59. The van der Waals surface area contributed by atoms with E-state index in [1.807, 2.05) is 25.1 Å². The highest BCUT2D eigenvalue weighted by atomic mass is 16.5. The molecule has 5 rings (SSSR count). The Morgan fingerprint density at radius 2 is 2.03 bits per heavy atom. The molecular formula is C28H35NO5. The van der Waals surface area contributed by atoms with E-state index in [2.05, 4.69) is 37.4 Å². The zero-order valence-electron chi connectivity index (χ0n) is 20.2. The number of rotatable bonds is 10. The normalized spacial score (nSPS) is 24.1. The molecule has 0 aromatic heterocycles. The number of hydrogen-bond acceptors (Lipinski definition) is 5. The fourth-order valence-corrected chi connectivity index (χ4v) is 5.70. The van der Waals surface area contributed by atoms with Crippen molar-refractivity contribution in [3.63, 3.8) is 0 Å². The van der Waals surface area contributed by atoms with E-state index in [9.17, 15) is 15.0 Å². The van der Waals surface area contributed by atoms with Crippen molar-refractivity contribution in [2.75, 3.05) is 13.2 Å². The Bertz CT molecular complexity index is 1080. The average Bonchev–Trinajstić information content (AvgIpc) is 3.12. The van der Waals surface area contributed by atoms with Gasteiger partial charge in [-0.25, -0.2) is 0 Å². The Balaban J connectivity index is 1.13. The molecule has 2 aliphatic carbocycles. The topological polar surface area (TPSA) is 88.0 Å². The predicted octanol–water partition coefficient (Wildman–Crippen LogP) is 3.78. The van der Waals surface area contributed by atoms with Crippen molar-refractivity contribution in [2.45, 2.75) is 76.2 Å². The van der Waals surface area contributed by atoms with Gasteiger partial charge in [-0.05, 0) is 74.8 Å². The molecule has 5 atom stereocenters. The molecular weight excluding hydrogens is 430 g/mol. The maximum absolute atomic E-state index is 11.4. The first-order valence-electron chi connectivity index (χ1n) is 12.4. The molecule has 1 saturated carbocycles. The number of aliphatic carboxylic acids is 1. The lowest BCUT2D eigenvalue weighted by Gasteiger charge is -2.28. The summed E-state index contributed by atoms with van der Waals surface area (Å²) in [7, 11) is 0. The molecule has 6 heteroatoms. The monoisotopic (exact) mass is 465 g/mol. The summed E-state index contributed by atoms with van der Waals surface area (Å²) >= 11 is 0. The lowest BCUT2D eigenvalue weighted by Crippen LogP contribution is -2.46. The molecule has 0 saturated heterocycles. The van der Waals surface area contributed by atoms with E-state index in [-0.39, 0.29) is 30.3 Å². The van der Waals surface area contributed by atoms with Crippen LogP contribution in [0.2, 0.25) is 0 Å². The van der Waals surface area contributed by atoms with Gasteiger partial charge in [0.05, 0.1) is 18.8 Å². The first-order valence-corrected chi connectivity index (χ1v) is 12.4. The van der Waals surface area contributed by atoms with Crippen molar-refractivity contribution in [2.24, 2.45) is 5.92 Å². The maximum atomic E-state index is 11.4. The molecule has 1 heterocycles. The Morgan fingerprint density at radius 1 is 1.24 bits per heavy atom. The van der Waals surface area contributed by atoms with E-state index < -0.39 is 18.0 Å². The number of nitrogens with one attached hydrogen (secondary N) is 1. The molecule has 1 unspecified atom stereocenters. The second kappa shape index (κ2) is 8.99. The summed E-state index contributed by atoms with van der Waals surface area (Å²) in [5.74, 6) is -0.617. The summed E-state index contributed by atoms with van der Waals surface area (Å²) in [5.41, 5.74) is 6.06. The predicted molar refractivity (Wildman–Crippen MR) is 129 cm³/mol. The second-order valence-electron chi connectivity index (χ2n) is 10.8. The molecule has 0 radical (unpaired) electrons. The van der Waals surface area contributed by atoms with E-state index in [0.717, 1.165) is 23.3 Å². The highest BCUT2D eigenvalue weighted by Crippen LogP contribution is 2.60. The minimum atomic E-state index is -0.812. The number of carboxylic acid groups (broad SMARTS) is 1. The lowest BCUT2D eigenvalue weighted by atomic mass is 9.93. The third-order valence-corrected chi connectivity index (χ3v) is 7.54. The largest absolute Gasteiger partial charge is 0.489 e. The van der Waals surface area contributed by atoms with E-state index in [0.29, 0.717) is 6.54 Å². The Kier molecular flexibility index (Phi) is 6.17. The minimum Gasteiger partial charge on any atom is -0.489 e. The van der Waals surface area contributed by atoms with Gasteiger partial charge in [0.1, 0.15) is 17.8 Å². The number of aliphatic hydroxyl groups excluding tert-OH is 1. The standard InChI is InChI=1S/C28H35NO5/c1-16(21-8-5-9-22-23(21)24-25(27(31)32)26(24)34-22)33-15-20(30)14-29-28(2,3)13-17-10-11-18-6-4-7-19(18)12-17/h5,8-12,16,20,24-26,29-30H,4,6-7,13-15H2,1-3H3,(H,31,32)/t16-,20?,24+,25+,26+/m1/s1.